The molecule has 3 aromatic rings. The van der Waals surface area contributed by atoms with E-state index in [1.54, 1.807) is 0 Å². The van der Waals surface area contributed by atoms with E-state index in [1.165, 1.54) is 23.5 Å². The van der Waals surface area contributed by atoms with Crippen LogP contribution in [0.25, 0.3) is 10.2 Å². The second kappa shape index (κ2) is 9.07. The summed E-state index contributed by atoms with van der Waals surface area (Å²) < 4.78 is 39.7. The van der Waals surface area contributed by atoms with Gasteiger partial charge in [0.15, 0.2) is 5.13 Å². The Labute approximate surface area is 188 Å². The molecule has 0 aliphatic carbocycles. The lowest BCUT2D eigenvalue weighted by Gasteiger charge is -2.41. The minimum atomic E-state index is -4.36. The average molecular weight is 464 g/mol. The molecule has 1 aromatic heterocycles. The molecule has 170 valence electrons. The maximum absolute atomic E-state index is 13.0. The molecule has 2 heterocycles. The number of piperazine rings is 1. The zero-order valence-corrected chi connectivity index (χ0v) is 18.4. The third-order valence-electron chi connectivity index (χ3n) is 5.74. The molecule has 1 N–H and O–H groups in total. The normalized spacial score (nSPS) is 17.8. The van der Waals surface area contributed by atoms with E-state index in [2.05, 4.69) is 21.7 Å². The number of halogens is 3. The number of thiazole rings is 1. The van der Waals surface area contributed by atoms with Crippen molar-refractivity contribution in [1.82, 2.24) is 9.88 Å². The molecule has 0 bridgehead atoms. The van der Waals surface area contributed by atoms with Crippen LogP contribution in [0.3, 0.4) is 0 Å². The molecule has 0 saturated carbocycles. The van der Waals surface area contributed by atoms with Gasteiger partial charge in [0.2, 0.25) is 0 Å². The van der Waals surface area contributed by atoms with Crippen molar-refractivity contribution in [2.24, 2.45) is 0 Å². The number of hydrogen-bond acceptors (Lipinski definition) is 5. The molecule has 32 heavy (non-hydrogen) atoms. The number of fused-ring (bicyclic) bond motifs is 1. The molecule has 0 amide bonds. The van der Waals surface area contributed by atoms with Gasteiger partial charge in [0.05, 0.1) is 22.2 Å². The largest absolute Gasteiger partial charge is 0.481 e. The van der Waals surface area contributed by atoms with Crippen molar-refractivity contribution in [2.45, 2.75) is 38.5 Å². The lowest BCUT2D eigenvalue weighted by Crippen LogP contribution is -2.52. The molecular formula is C23H24F3N3O2S. The minimum Gasteiger partial charge on any atom is -0.481 e. The van der Waals surface area contributed by atoms with Crippen LogP contribution in [0, 0.1) is 0 Å². The number of carboxylic acids is 1. The van der Waals surface area contributed by atoms with E-state index < -0.39 is 17.7 Å². The number of anilines is 1. The number of nitrogens with zero attached hydrogens (tertiary/aromatic N) is 3. The molecule has 9 heteroatoms. The zero-order chi connectivity index (χ0) is 22.9. The van der Waals surface area contributed by atoms with Crippen molar-refractivity contribution in [3.8, 4) is 0 Å². The zero-order valence-electron chi connectivity index (χ0n) is 17.6. The Hall–Kier alpha value is -2.65. The fourth-order valence-corrected chi connectivity index (χ4v) is 5.25. The first-order chi connectivity index (χ1) is 15.2. The number of aromatic nitrogens is 1. The van der Waals surface area contributed by atoms with E-state index in [9.17, 15) is 18.0 Å². The van der Waals surface area contributed by atoms with Crippen LogP contribution in [0.1, 0.15) is 30.0 Å². The fourth-order valence-electron chi connectivity index (χ4n) is 4.15. The van der Waals surface area contributed by atoms with Gasteiger partial charge in [-0.05, 0) is 35.7 Å². The van der Waals surface area contributed by atoms with Crippen LogP contribution in [0.15, 0.2) is 42.5 Å². The van der Waals surface area contributed by atoms with E-state index in [-0.39, 0.29) is 12.5 Å². The van der Waals surface area contributed by atoms with Gasteiger partial charge in [0, 0.05) is 32.2 Å². The molecule has 1 atom stereocenters. The lowest BCUT2D eigenvalue weighted by atomic mass is 10.1. The highest BCUT2D eigenvalue weighted by Gasteiger charge is 2.32. The Balaban J connectivity index is 1.47. The number of benzene rings is 2. The van der Waals surface area contributed by atoms with Crippen LogP contribution in [-0.4, -0.2) is 46.6 Å². The van der Waals surface area contributed by atoms with Gasteiger partial charge >= 0.3 is 12.1 Å². The Morgan fingerprint density at radius 1 is 1.19 bits per heavy atom. The maximum Gasteiger partial charge on any atom is 0.416 e. The predicted octanol–water partition coefficient (Wildman–Crippen LogP) is 5.04. The Kier molecular flexibility index (Phi) is 6.39. The van der Waals surface area contributed by atoms with E-state index in [0.717, 1.165) is 54.9 Å². The highest BCUT2D eigenvalue weighted by atomic mass is 32.1. The molecule has 4 rings (SSSR count). The summed E-state index contributed by atoms with van der Waals surface area (Å²) in [5, 5.41) is 9.77. The molecular weight excluding hydrogens is 439 g/mol. The van der Waals surface area contributed by atoms with Crippen molar-refractivity contribution in [3.63, 3.8) is 0 Å². The molecule has 0 spiro atoms. The van der Waals surface area contributed by atoms with Crippen LogP contribution in [0.5, 0.6) is 0 Å². The van der Waals surface area contributed by atoms with Gasteiger partial charge in [-0.25, -0.2) is 4.98 Å². The Bertz CT molecular complexity index is 1120. The molecule has 1 aliphatic heterocycles. The summed E-state index contributed by atoms with van der Waals surface area (Å²) in [7, 11) is 0. The summed E-state index contributed by atoms with van der Waals surface area (Å²) in [6.07, 6.45) is -3.47. The quantitative estimate of drug-likeness (QED) is 0.555. The van der Waals surface area contributed by atoms with Crippen molar-refractivity contribution in [1.29, 1.82) is 0 Å². The van der Waals surface area contributed by atoms with Gasteiger partial charge in [-0.2, -0.15) is 13.2 Å². The average Bonchev–Trinajstić information content (AvgIpc) is 3.16. The first-order valence-electron chi connectivity index (χ1n) is 10.5. The smallest absolute Gasteiger partial charge is 0.416 e. The number of aliphatic carboxylic acids is 1. The lowest BCUT2D eigenvalue weighted by molar-refractivity contribution is -0.138. The Morgan fingerprint density at radius 3 is 2.69 bits per heavy atom. The van der Waals surface area contributed by atoms with E-state index in [4.69, 9.17) is 5.11 Å². The first kappa shape index (κ1) is 22.5. The topological polar surface area (TPSA) is 56.7 Å². The van der Waals surface area contributed by atoms with Crippen LogP contribution in [-0.2, 0) is 23.9 Å². The molecule has 1 aliphatic rings. The first-order valence-corrected chi connectivity index (χ1v) is 11.3. The highest BCUT2D eigenvalue weighted by molar-refractivity contribution is 7.22. The SMILES string of the molecule is CC[C@@H]1CN(Cc2cccc(CC(=O)O)c2)CCN1c1nc2ccc(C(F)(F)F)cc2s1. The van der Waals surface area contributed by atoms with Gasteiger partial charge in [0.25, 0.3) is 0 Å². The van der Waals surface area contributed by atoms with Crippen molar-refractivity contribution >= 4 is 32.7 Å². The molecule has 0 radical (unpaired) electrons. The molecule has 1 fully saturated rings. The highest BCUT2D eigenvalue weighted by Crippen LogP contribution is 2.36. The summed E-state index contributed by atoms with van der Waals surface area (Å²) in [5.41, 5.74) is 1.80. The number of rotatable bonds is 6. The summed E-state index contributed by atoms with van der Waals surface area (Å²) in [4.78, 5) is 20.1. The van der Waals surface area contributed by atoms with Gasteiger partial charge < -0.3 is 10.0 Å². The number of hydrogen-bond donors (Lipinski definition) is 1. The van der Waals surface area contributed by atoms with Crippen LogP contribution >= 0.6 is 11.3 Å². The summed E-state index contributed by atoms with van der Waals surface area (Å²) in [6, 6.07) is 11.6. The van der Waals surface area contributed by atoms with Crippen LogP contribution in [0.2, 0.25) is 0 Å². The van der Waals surface area contributed by atoms with Crippen LogP contribution < -0.4 is 4.90 Å². The summed E-state index contributed by atoms with van der Waals surface area (Å²) in [5.74, 6) is -0.847. The molecule has 1 saturated heterocycles. The van der Waals surface area contributed by atoms with E-state index in [0.29, 0.717) is 10.2 Å². The van der Waals surface area contributed by atoms with Crippen LogP contribution in [0.4, 0.5) is 18.3 Å². The maximum atomic E-state index is 13.0. The Morgan fingerprint density at radius 2 is 1.97 bits per heavy atom. The summed E-state index contributed by atoms with van der Waals surface area (Å²) >= 11 is 1.31. The second-order valence-corrected chi connectivity index (χ2v) is 9.07. The fraction of sp³-hybridized carbons (Fsp3) is 0.391. The third-order valence-corrected chi connectivity index (χ3v) is 6.80. The van der Waals surface area contributed by atoms with Crippen molar-refractivity contribution < 1.29 is 23.1 Å². The standard InChI is InChI=1S/C23H24F3N3O2S/c1-2-18-14-28(13-16-5-3-4-15(10-16)11-21(30)31)8-9-29(18)22-27-19-7-6-17(23(24,25)26)12-20(19)32-22/h3-7,10,12,18H,2,8-9,11,13-14H2,1H3,(H,30,31)/t18-/m1/s1. The molecule has 5 nitrogen and oxygen atoms in total. The van der Waals surface area contributed by atoms with Crippen molar-refractivity contribution in [2.75, 3.05) is 24.5 Å². The van der Waals surface area contributed by atoms with Gasteiger partial charge in [-0.15, -0.1) is 0 Å². The third kappa shape index (κ3) is 5.05. The number of carboxylic acid groups (broad SMARTS) is 1. The van der Waals surface area contributed by atoms with Crippen molar-refractivity contribution in [3.05, 3.63) is 59.2 Å². The number of carbonyl (C=O) groups is 1. The van der Waals surface area contributed by atoms with Gasteiger partial charge in [-0.3, -0.25) is 9.69 Å². The van der Waals surface area contributed by atoms with E-state index >= 15 is 0 Å². The summed E-state index contributed by atoms with van der Waals surface area (Å²) in [6.45, 7) is 5.17. The minimum absolute atomic E-state index is 0.00681. The predicted molar refractivity (Wildman–Crippen MR) is 119 cm³/mol. The molecule has 0 unspecified atom stereocenters. The second-order valence-electron chi connectivity index (χ2n) is 8.06. The monoisotopic (exact) mass is 463 g/mol. The van der Waals surface area contributed by atoms with Gasteiger partial charge in [-0.1, -0.05) is 42.5 Å². The number of alkyl halides is 3. The van der Waals surface area contributed by atoms with Gasteiger partial charge in [0.1, 0.15) is 0 Å². The van der Waals surface area contributed by atoms with E-state index in [1.807, 2.05) is 24.3 Å². The molecule has 2 aromatic carbocycles.